The van der Waals surface area contributed by atoms with Gasteiger partial charge in [-0.1, -0.05) is 0 Å². The number of phenols is 1. The predicted molar refractivity (Wildman–Crippen MR) is 65.7 cm³/mol. The van der Waals surface area contributed by atoms with Crippen molar-refractivity contribution in [3.63, 3.8) is 0 Å². The van der Waals surface area contributed by atoms with Crippen LogP contribution in [-0.4, -0.2) is 27.7 Å². The molecule has 10 heteroatoms. The Morgan fingerprint density at radius 1 is 1.55 bits per heavy atom. The molecule has 0 aliphatic heterocycles. The minimum absolute atomic E-state index is 0. The lowest BCUT2D eigenvalue weighted by Crippen LogP contribution is -2.36. The van der Waals surface area contributed by atoms with E-state index in [2.05, 4.69) is 0 Å². The van der Waals surface area contributed by atoms with Gasteiger partial charge in [0.05, 0.1) is 16.6 Å². The van der Waals surface area contributed by atoms with Crippen LogP contribution in [0.15, 0.2) is 12.1 Å². The minimum atomic E-state index is -3.79. The predicted octanol–water partition coefficient (Wildman–Crippen LogP) is 1.22. The van der Waals surface area contributed by atoms with Crippen LogP contribution in [-0.2, 0) is 0 Å². The van der Waals surface area contributed by atoms with E-state index in [0.717, 1.165) is 12.1 Å². The summed E-state index contributed by atoms with van der Waals surface area (Å²) in [4.78, 5) is 9.62. The molecule has 1 rings (SSSR count). The van der Waals surface area contributed by atoms with Gasteiger partial charge in [-0.3, -0.25) is 10.1 Å². The maximum absolute atomic E-state index is 13.2. The van der Waals surface area contributed by atoms with E-state index < -0.39 is 40.5 Å². The second-order valence-electron chi connectivity index (χ2n) is 3.70. The molecule has 0 aliphatic carbocycles. The summed E-state index contributed by atoms with van der Waals surface area (Å²) in [5.41, 5.74) is 3.29. The van der Waals surface area contributed by atoms with Gasteiger partial charge in [-0.05, 0) is 6.07 Å². The van der Waals surface area contributed by atoms with Gasteiger partial charge in [0.15, 0.2) is 5.75 Å². The first kappa shape index (κ1) is 18.0. The Labute approximate surface area is 117 Å². The Morgan fingerprint density at radius 3 is 2.50 bits per heavy atom. The molecule has 7 nitrogen and oxygen atoms in total. The van der Waals surface area contributed by atoms with Crippen molar-refractivity contribution in [2.45, 2.75) is 12.0 Å². The average Bonchev–Trinajstić information content (AvgIpc) is 2.37. The summed E-state index contributed by atoms with van der Waals surface area (Å²) in [6, 6.07) is 0.914. The summed E-state index contributed by atoms with van der Waals surface area (Å²) in [5.74, 6) is -4.84. The van der Waals surface area contributed by atoms with Gasteiger partial charge in [0.1, 0.15) is 12.6 Å². The second-order valence-corrected chi connectivity index (χ2v) is 3.70. The van der Waals surface area contributed by atoms with Crippen LogP contribution in [0.5, 0.6) is 5.75 Å². The van der Waals surface area contributed by atoms with E-state index in [-0.39, 0.29) is 18.0 Å². The number of nitriles is 1. The molecule has 0 saturated heterocycles. The van der Waals surface area contributed by atoms with Crippen LogP contribution in [0.1, 0.15) is 17.2 Å². The summed E-state index contributed by atoms with van der Waals surface area (Å²) >= 11 is 0. The van der Waals surface area contributed by atoms with E-state index in [1.165, 1.54) is 6.07 Å². The summed E-state index contributed by atoms with van der Waals surface area (Å²) in [5, 5.41) is 37.4. The summed E-state index contributed by atoms with van der Waals surface area (Å²) in [6.07, 6.45) is 0. The van der Waals surface area contributed by atoms with Crippen molar-refractivity contribution < 1.29 is 23.9 Å². The molecule has 20 heavy (non-hydrogen) atoms. The molecule has 0 spiro atoms. The monoisotopic (exact) mass is 309 g/mol. The quantitative estimate of drug-likeness (QED) is 0.565. The van der Waals surface area contributed by atoms with E-state index in [1.807, 2.05) is 0 Å². The molecule has 0 heterocycles. The molecule has 0 saturated carbocycles. The van der Waals surface area contributed by atoms with Crippen LogP contribution >= 0.6 is 12.4 Å². The first-order chi connectivity index (χ1) is 8.74. The highest BCUT2D eigenvalue weighted by Crippen LogP contribution is 2.39. The number of aliphatic hydroxyl groups is 1. The number of phenolic OH excluding ortho intramolecular Hbond substituents is 1. The van der Waals surface area contributed by atoms with E-state index in [1.54, 1.807) is 0 Å². The Hall–Kier alpha value is -2.02. The van der Waals surface area contributed by atoms with E-state index in [0.29, 0.717) is 0 Å². The van der Waals surface area contributed by atoms with Gasteiger partial charge < -0.3 is 15.9 Å². The number of nitro groups is 1. The fourth-order valence-electron chi connectivity index (χ4n) is 1.41. The number of aliphatic hydroxyl groups excluding tert-OH is 1. The molecular formula is C10H10ClF2N3O4. The first-order valence-electron chi connectivity index (χ1n) is 4.90. The van der Waals surface area contributed by atoms with Crippen molar-refractivity contribution in [3.05, 3.63) is 33.4 Å². The Bertz CT molecular complexity index is 562. The molecule has 1 aromatic carbocycles. The van der Waals surface area contributed by atoms with Crippen molar-refractivity contribution in [1.29, 1.82) is 5.26 Å². The smallest absolute Gasteiger partial charge is 0.312 e. The average molecular weight is 310 g/mol. The lowest BCUT2D eigenvalue weighted by atomic mass is 9.98. The third-order valence-electron chi connectivity index (χ3n) is 2.45. The normalized spacial score (nSPS) is 12.2. The number of nitro benzene ring substituents is 1. The van der Waals surface area contributed by atoms with Crippen molar-refractivity contribution in [2.75, 3.05) is 6.61 Å². The zero-order valence-corrected chi connectivity index (χ0v) is 10.6. The van der Waals surface area contributed by atoms with Crippen molar-refractivity contribution in [2.24, 2.45) is 5.73 Å². The van der Waals surface area contributed by atoms with Gasteiger partial charge in [0, 0.05) is 11.6 Å². The first-order valence-corrected chi connectivity index (χ1v) is 4.90. The lowest BCUT2D eigenvalue weighted by Gasteiger charge is -2.22. The van der Waals surface area contributed by atoms with Gasteiger partial charge in [-0.15, -0.1) is 12.4 Å². The van der Waals surface area contributed by atoms with Crippen LogP contribution in [0.2, 0.25) is 0 Å². The lowest BCUT2D eigenvalue weighted by molar-refractivity contribution is -0.386. The van der Waals surface area contributed by atoms with E-state index in [9.17, 15) is 24.0 Å². The Morgan fingerprint density at radius 2 is 2.10 bits per heavy atom. The van der Waals surface area contributed by atoms with Crippen LogP contribution in [0.3, 0.4) is 0 Å². The topological polar surface area (TPSA) is 133 Å². The maximum atomic E-state index is 13.2. The zero-order valence-electron chi connectivity index (χ0n) is 9.79. The number of aromatic hydroxyl groups is 1. The number of benzene rings is 1. The summed E-state index contributed by atoms with van der Waals surface area (Å²) in [6.45, 7) is -1.60. The van der Waals surface area contributed by atoms with Crippen molar-refractivity contribution in [3.8, 4) is 11.8 Å². The highest BCUT2D eigenvalue weighted by molar-refractivity contribution is 5.85. The second kappa shape index (κ2) is 6.42. The van der Waals surface area contributed by atoms with Crippen LogP contribution in [0.4, 0.5) is 14.5 Å². The fourth-order valence-corrected chi connectivity index (χ4v) is 1.41. The third-order valence-corrected chi connectivity index (χ3v) is 2.45. The number of hydrogen-bond donors (Lipinski definition) is 3. The number of rotatable bonds is 4. The number of hydrogen-bond acceptors (Lipinski definition) is 6. The molecule has 0 bridgehead atoms. The minimum Gasteiger partial charge on any atom is -0.502 e. The summed E-state index contributed by atoms with van der Waals surface area (Å²) in [7, 11) is 0. The van der Waals surface area contributed by atoms with E-state index in [4.69, 9.17) is 16.1 Å². The number of nitrogens with zero attached hydrogens (tertiary/aromatic N) is 2. The molecule has 1 aromatic rings. The van der Waals surface area contributed by atoms with Crippen molar-refractivity contribution >= 4 is 18.1 Å². The maximum Gasteiger partial charge on any atom is 0.312 e. The SMILES string of the molecule is Cl.N#Cc1cc([C@@H](N)C(F)(F)CO)c(O)c([N+](=O)[O-])c1. The molecule has 0 aromatic heterocycles. The Balaban J connectivity index is 0.00000361. The highest BCUT2D eigenvalue weighted by atomic mass is 35.5. The van der Waals surface area contributed by atoms with Crippen LogP contribution in [0, 0.1) is 21.4 Å². The van der Waals surface area contributed by atoms with Crippen LogP contribution < -0.4 is 5.73 Å². The molecule has 0 unspecified atom stereocenters. The van der Waals surface area contributed by atoms with Crippen LogP contribution in [0.25, 0.3) is 0 Å². The van der Waals surface area contributed by atoms with Gasteiger partial charge in [-0.25, -0.2) is 8.78 Å². The number of alkyl halides is 2. The highest BCUT2D eigenvalue weighted by Gasteiger charge is 2.40. The standard InChI is InChI=1S/C10H9F2N3O4.ClH/c11-10(12,4-16)9(14)6-1-5(3-13)2-7(8(6)17)15(18)19;/h1-2,9,16-17H,4,14H2;1H/t9-;/m1./s1. The van der Waals surface area contributed by atoms with E-state index >= 15 is 0 Å². The van der Waals surface area contributed by atoms with Gasteiger partial charge in [0.2, 0.25) is 0 Å². The molecule has 110 valence electrons. The summed E-state index contributed by atoms with van der Waals surface area (Å²) < 4.78 is 26.5. The molecule has 1 atom stereocenters. The molecule has 4 N–H and O–H groups in total. The largest absolute Gasteiger partial charge is 0.502 e. The zero-order chi connectivity index (χ0) is 14.8. The third kappa shape index (κ3) is 3.30. The van der Waals surface area contributed by atoms with Crippen molar-refractivity contribution in [1.82, 2.24) is 0 Å². The van der Waals surface area contributed by atoms with Gasteiger partial charge in [-0.2, -0.15) is 5.26 Å². The molecular weight excluding hydrogens is 300 g/mol. The molecule has 0 radical (unpaired) electrons. The van der Waals surface area contributed by atoms with Gasteiger partial charge >= 0.3 is 5.69 Å². The van der Waals surface area contributed by atoms with Gasteiger partial charge in [0.25, 0.3) is 5.92 Å². The molecule has 0 amide bonds. The molecule has 0 fully saturated rings. The molecule has 0 aliphatic rings. The fraction of sp³-hybridized carbons (Fsp3) is 0.300. The number of nitrogens with two attached hydrogens (primary N) is 1. The Kier molecular flexibility index (Phi) is 5.78. The number of halogens is 3.